The van der Waals surface area contributed by atoms with Gasteiger partial charge in [0.1, 0.15) is 5.82 Å². The van der Waals surface area contributed by atoms with E-state index in [1.54, 1.807) is 12.1 Å². The van der Waals surface area contributed by atoms with Crippen molar-refractivity contribution in [1.29, 1.82) is 0 Å². The van der Waals surface area contributed by atoms with E-state index in [0.29, 0.717) is 12.1 Å². The third-order valence-corrected chi connectivity index (χ3v) is 3.78. The molecular weight excluding hydrogens is 265 g/mol. The highest BCUT2D eigenvalue weighted by Gasteiger charge is 2.16. The summed E-state index contributed by atoms with van der Waals surface area (Å²) < 4.78 is 13.5. The van der Waals surface area contributed by atoms with E-state index in [4.69, 9.17) is 0 Å². The molecular formula is C18H22FNO. The van der Waals surface area contributed by atoms with Crippen LogP contribution < -0.4 is 5.32 Å². The van der Waals surface area contributed by atoms with Gasteiger partial charge in [0.15, 0.2) is 0 Å². The average Bonchev–Trinajstić information content (AvgIpc) is 2.53. The summed E-state index contributed by atoms with van der Waals surface area (Å²) in [6, 6.07) is 14.5. The summed E-state index contributed by atoms with van der Waals surface area (Å²) in [5.74, 6) is -0.223. The van der Waals surface area contributed by atoms with Crippen molar-refractivity contribution in [2.45, 2.75) is 39.0 Å². The number of hydrogen-bond acceptors (Lipinski definition) is 2. The SMILES string of the molecule is CCc1ccc(C(O)C(C)NCc2ccccc2F)cc1. The summed E-state index contributed by atoms with van der Waals surface area (Å²) in [6.45, 7) is 4.40. The highest BCUT2D eigenvalue weighted by Crippen LogP contribution is 2.18. The summed E-state index contributed by atoms with van der Waals surface area (Å²) in [6.07, 6.45) is 0.375. The fourth-order valence-corrected chi connectivity index (χ4v) is 2.26. The maximum absolute atomic E-state index is 13.5. The predicted octanol–water partition coefficient (Wildman–Crippen LogP) is 3.60. The number of aliphatic hydroxyl groups is 1. The maximum atomic E-state index is 13.5. The van der Waals surface area contributed by atoms with Crippen LogP contribution in [0.15, 0.2) is 48.5 Å². The van der Waals surface area contributed by atoms with Gasteiger partial charge in [-0.15, -0.1) is 0 Å². The van der Waals surface area contributed by atoms with Crippen molar-refractivity contribution in [2.24, 2.45) is 0 Å². The molecule has 3 heteroatoms. The molecule has 0 aromatic heterocycles. The van der Waals surface area contributed by atoms with Gasteiger partial charge in [0.25, 0.3) is 0 Å². The molecule has 0 spiro atoms. The van der Waals surface area contributed by atoms with Crippen LogP contribution in [-0.4, -0.2) is 11.1 Å². The van der Waals surface area contributed by atoms with Crippen molar-refractivity contribution in [3.63, 3.8) is 0 Å². The van der Waals surface area contributed by atoms with E-state index >= 15 is 0 Å². The Morgan fingerprint density at radius 2 is 1.76 bits per heavy atom. The lowest BCUT2D eigenvalue weighted by Gasteiger charge is -2.21. The fourth-order valence-electron chi connectivity index (χ4n) is 2.26. The van der Waals surface area contributed by atoms with Crippen molar-refractivity contribution in [2.75, 3.05) is 0 Å². The third-order valence-electron chi connectivity index (χ3n) is 3.78. The zero-order valence-corrected chi connectivity index (χ0v) is 12.5. The Balaban J connectivity index is 1.95. The topological polar surface area (TPSA) is 32.3 Å². The summed E-state index contributed by atoms with van der Waals surface area (Å²) in [5.41, 5.74) is 2.73. The van der Waals surface area contributed by atoms with E-state index in [9.17, 15) is 9.50 Å². The minimum Gasteiger partial charge on any atom is -0.387 e. The molecule has 2 aromatic rings. The predicted molar refractivity (Wildman–Crippen MR) is 83.5 cm³/mol. The van der Waals surface area contributed by atoms with Crippen LogP contribution in [-0.2, 0) is 13.0 Å². The summed E-state index contributed by atoms with van der Waals surface area (Å²) in [5, 5.41) is 13.5. The van der Waals surface area contributed by atoms with Gasteiger partial charge in [-0.1, -0.05) is 49.4 Å². The zero-order chi connectivity index (χ0) is 15.2. The Kier molecular flexibility index (Phi) is 5.48. The molecule has 0 saturated carbocycles. The van der Waals surface area contributed by atoms with Crippen LogP contribution in [0.3, 0.4) is 0 Å². The second kappa shape index (κ2) is 7.34. The van der Waals surface area contributed by atoms with Crippen molar-refractivity contribution in [3.05, 3.63) is 71.0 Å². The number of benzene rings is 2. The first-order valence-electron chi connectivity index (χ1n) is 7.35. The van der Waals surface area contributed by atoms with E-state index in [-0.39, 0.29) is 11.9 Å². The Hall–Kier alpha value is -1.71. The molecule has 0 amide bonds. The van der Waals surface area contributed by atoms with Gasteiger partial charge >= 0.3 is 0 Å². The molecule has 0 aliphatic rings. The van der Waals surface area contributed by atoms with Crippen molar-refractivity contribution < 1.29 is 9.50 Å². The first kappa shape index (κ1) is 15.7. The molecule has 2 N–H and O–H groups in total. The number of nitrogens with one attached hydrogen (secondary N) is 1. The number of halogens is 1. The lowest BCUT2D eigenvalue weighted by Crippen LogP contribution is -2.32. The Bertz CT molecular complexity index is 568. The zero-order valence-electron chi connectivity index (χ0n) is 12.5. The molecule has 112 valence electrons. The summed E-state index contributed by atoms with van der Waals surface area (Å²) in [7, 11) is 0. The first-order valence-corrected chi connectivity index (χ1v) is 7.35. The van der Waals surface area contributed by atoms with E-state index in [1.165, 1.54) is 11.6 Å². The molecule has 0 heterocycles. The minimum atomic E-state index is -0.609. The van der Waals surface area contributed by atoms with Gasteiger partial charge in [0.05, 0.1) is 6.10 Å². The standard InChI is InChI=1S/C18H22FNO/c1-3-14-8-10-15(11-9-14)18(21)13(2)20-12-16-6-4-5-7-17(16)19/h4-11,13,18,20-21H,3,12H2,1-2H3. The van der Waals surface area contributed by atoms with Crippen molar-refractivity contribution in [3.8, 4) is 0 Å². The Labute approximate surface area is 125 Å². The lowest BCUT2D eigenvalue weighted by molar-refractivity contribution is 0.135. The monoisotopic (exact) mass is 287 g/mol. The van der Waals surface area contributed by atoms with E-state index in [0.717, 1.165) is 12.0 Å². The average molecular weight is 287 g/mol. The number of aliphatic hydroxyl groups excluding tert-OH is 1. The van der Waals surface area contributed by atoms with Gasteiger partial charge in [-0.2, -0.15) is 0 Å². The molecule has 2 aromatic carbocycles. The molecule has 2 unspecified atom stereocenters. The molecule has 0 saturated heterocycles. The molecule has 0 fully saturated rings. The summed E-state index contributed by atoms with van der Waals surface area (Å²) in [4.78, 5) is 0. The normalized spacial score (nSPS) is 13.9. The van der Waals surface area contributed by atoms with E-state index < -0.39 is 6.10 Å². The molecule has 2 atom stereocenters. The highest BCUT2D eigenvalue weighted by atomic mass is 19.1. The quantitative estimate of drug-likeness (QED) is 0.851. The molecule has 2 rings (SSSR count). The van der Waals surface area contributed by atoms with Crippen LogP contribution in [0.5, 0.6) is 0 Å². The largest absolute Gasteiger partial charge is 0.387 e. The molecule has 0 aliphatic heterocycles. The van der Waals surface area contributed by atoms with Crippen LogP contribution in [0.4, 0.5) is 4.39 Å². The van der Waals surface area contributed by atoms with E-state index in [1.807, 2.05) is 37.3 Å². The summed E-state index contributed by atoms with van der Waals surface area (Å²) >= 11 is 0. The van der Waals surface area contributed by atoms with Gasteiger partial charge in [-0.05, 0) is 30.5 Å². The Morgan fingerprint density at radius 3 is 2.38 bits per heavy atom. The second-order valence-electron chi connectivity index (χ2n) is 5.30. The van der Waals surface area contributed by atoms with Gasteiger partial charge in [-0.25, -0.2) is 4.39 Å². The molecule has 21 heavy (non-hydrogen) atoms. The molecule has 0 bridgehead atoms. The smallest absolute Gasteiger partial charge is 0.127 e. The van der Waals surface area contributed by atoms with Gasteiger partial charge in [0.2, 0.25) is 0 Å². The molecule has 2 nitrogen and oxygen atoms in total. The van der Waals surface area contributed by atoms with Crippen molar-refractivity contribution >= 4 is 0 Å². The van der Waals surface area contributed by atoms with Crippen LogP contribution in [0.25, 0.3) is 0 Å². The minimum absolute atomic E-state index is 0.155. The van der Waals surface area contributed by atoms with Crippen LogP contribution >= 0.6 is 0 Å². The lowest BCUT2D eigenvalue weighted by atomic mass is 10.0. The number of rotatable bonds is 6. The third kappa shape index (κ3) is 4.13. The first-order chi connectivity index (χ1) is 10.1. The fraction of sp³-hybridized carbons (Fsp3) is 0.333. The van der Waals surface area contributed by atoms with Gasteiger partial charge in [-0.3, -0.25) is 0 Å². The van der Waals surface area contributed by atoms with Crippen LogP contribution in [0.2, 0.25) is 0 Å². The number of aryl methyl sites for hydroxylation is 1. The molecule has 0 aliphatic carbocycles. The van der Waals surface area contributed by atoms with E-state index in [2.05, 4.69) is 12.2 Å². The highest BCUT2D eigenvalue weighted by molar-refractivity contribution is 5.25. The second-order valence-corrected chi connectivity index (χ2v) is 5.30. The van der Waals surface area contributed by atoms with Crippen molar-refractivity contribution in [1.82, 2.24) is 5.32 Å². The Morgan fingerprint density at radius 1 is 1.10 bits per heavy atom. The van der Waals surface area contributed by atoms with Crippen LogP contribution in [0, 0.1) is 5.82 Å². The maximum Gasteiger partial charge on any atom is 0.127 e. The van der Waals surface area contributed by atoms with Gasteiger partial charge in [0, 0.05) is 18.2 Å². The van der Waals surface area contributed by atoms with Crippen LogP contribution in [0.1, 0.15) is 36.6 Å². The van der Waals surface area contributed by atoms with Gasteiger partial charge < -0.3 is 10.4 Å². The number of hydrogen-bond donors (Lipinski definition) is 2. The molecule has 0 radical (unpaired) electrons.